The minimum Gasteiger partial charge on any atom is -0.481 e. The molecule has 2 unspecified atom stereocenters. The maximum Gasteiger partial charge on any atom is 0.303 e. The number of aliphatic carboxylic acids is 1. The van der Waals surface area contributed by atoms with Gasteiger partial charge < -0.3 is 9.84 Å². The number of hydrogen-bond acceptors (Lipinski definition) is 2. The number of carboxylic acid groups (broad SMARTS) is 1. The Labute approximate surface area is 82.3 Å². The van der Waals surface area contributed by atoms with Gasteiger partial charge in [0.1, 0.15) is 6.10 Å². The summed E-state index contributed by atoms with van der Waals surface area (Å²) in [6, 6.07) is 9.89. The molecule has 0 aromatic heterocycles. The van der Waals surface area contributed by atoms with Gasteiger partial charge in [-0.1, -0.05) is 30.3 Å². The van der Waals surface area contributed by atoms with E-state index >= 15 is 0 Å². The van der Waals surface area contributed by atoms with Crippen molar-refractivity contribution >= 4 is 5.97 Å². The van der Waals surface area contributed by atoms with Crippen molar-refractivity contribution in [3.63, 3.8) is 0 Å². The largest absolute Gasteiger partial charge is 0.481 e. The van der Waals surface area contributed by atoms with Crippen LogP contribution in [0.25, 0.3) is 0 Å². The van der Waals surface area contributed by atoms with E-state index in [2.05, 4.69) is 0 Å². The lowest BCUT2D eigenvalue weighted by molar-refractivity contribution is -0.137. The zero-order valence-electron chi connectivity index (χ0n) is 7.72. The van der Waals surface area contributed by atoms with Gasteiger partial charge in [0.05, 0.1) is 6.10 Å². The van der Waals surface area contributed by atoms with E-state index in [-0.39, 0.29) is 18.6 Å². The molecule has 0 bridgehead atoms. The van der Waals surface area contributed by atoms with Crippen LogP contribution in [0.4, 0.5) is 0 Å². The molecule has 1 aliphatic rings. The monoisotopic (exact) mass is 192 g/mol. The molecule has 0 amide bonds. The number of hydrogen-bond donors (Lipinski definition) is 1. The predicted molar refractivity (Wildman–Crippen MR) is 50.9 cm³/mol. The van der Waals surface area contributed by atoms with Gasteiger partial charge in [-0.2, -0.15) is 0 Å². The molecule has 74 valence electrons. The van der Waals surface area contributed by atoms with Gasteiger partial charge >= 0.3 is 5.97 Å². The van der Waals surface area contributed by atoms with Crippen molar-refractivity contribution in [3.8, 4) is 0 Å². The van der Waals surface area contributed by atoms with Gasteiger partial charge in [0.25, 0.3) is 0 Å². The molecular formula is C11H12O3. The maximum atomic E-state index is 10.3. The highest BCUT2D eigenvalue weighted by Gasteiger charge is 2.39. The lowest BCUT2D eigenvalue weighted by atomic mass is 10.1. The van der Waals surface area contributed by atoms with Crippen LogP contribution in [-0.4, -0.2) is 17.2 Å². The fourth-order valence-corrected chi connectivity index (χ4v) is 1.56. The Hall–Kier alpha value is -1.35. The summed E-state index contributed by atoms with van der Waals surface area (Å²) in [6.07, 6.45) is 1.02. The Balaban J connectivity index is 1.85. The molecule has 14 heavy (non-hydrogen) atoms. The third-order valence-electron chi connectivity index (χ3n) is 2.35. The minimum absolute atomic E-state index is 0.105. The first kappa shape index (κ1) is 9.21. The quantitative estimate of drug-likeness (QED) is 0.742. The van der Waals surface area contributed by atoms with Crippen molar-refractivity contribution in [2.24, 2.45) is 0 Å². The molecule has 0 radical (unpaired) electrons. The molecule has 3 heteroatoms. The van der Waals surface area contributed by atoms with Crippen LogP contribution in [0.5, 0.6) is 0 Å². The Morgan fingerprint density at radius 1 is 1.36 bits per heavy atom. The average Bonchev–Trinajstić information content (AvgIpc) is 2.95. The van der Waals surface area contributed by atoms with Gasteiger partial charge in [-0.3, -0.25) is 4.79 Å². The predicted octanol–water partition coefficient (Wildman–Crippen LogP) is 1.99. The van der Waals surface area contributed by atoms with E-state index in [1.165, 1.54) is 0 Å². The van der Waals surface area contributed by atoms with E-state index in [0.717, 1.165) is 5.56 Å². The molecule has 0 saturated carbocycles. The zero-order chi connectivity index (χ0) is 9.97. The van der Waals surface area contributed by atoms with Crippen LogP contribution in [-0.2, 0) is 9.53 Å². The van der Waals surface area contributed by atoms with Crippen molar-refractivity contribution in [1.82, 2.24) is 0 Å². The van der Waals surface area contributed by atoms with Gasteiger partial charge in [0.15, 0.2) is 0 Å². The maximum absolute atomic E-state index is 10.3. The summed E-state index contributed by atoms with van der Waals surface area (Å²) in [5.41, 5.74) is 1.14. The molecule has 1 N–H and O–H groups in total. The molecule has 1 aromatic rings. The van der Waals surface area contributed by atoms with Crippen LogP contribution < -0.4 is 0 Å². The van der Waals surface area contributed by atoms with Crippen molar-refractivity contribution in [2.75, 3.05) is 0 Å². The molecule has 2 rings (SSSR count). The van der Waals surface area contributed by atoms with Gasteiger partial charge in [-0.25, -0.2) is 0 Å². The van der Waals surface area contributed by atoms with Crippen LogP contribution in [0.15, 0.2) is 30.3 Å². The van der Waals surface area contributed by atoms with E-state index < -0.39 is 5.97 Å². The Morgan fingerprint density at radius 3 is 2.71 bits per heavy atom. The second kappa shape index (κ2) is 3.80. The molecule has 1 heterocycles. The Bertz CT molecular complexity index is 321. The Morgan fingerprint density at radius 2 is 2.07 bits per heavy atom. The summed E-state index contributed by atoms with van der Waals surface area (Å²) in [4.78, 5) is 10.3. The first-order chi connectivity index (χ1) is 6.77. The molecule has 1 aromatic carbocycles. The SMILES string of the molecule is O=C(O)CCC1OC1c1ccccc1. The van der Waals surface area contributed by atoms with E-state index in [4.69, 9.17) is 9.84 Å². The Kier molecular flexibility index (Phi) is 2.50. The van der Waals surface area contributed by atoms with Crippen LogP contribution in [0.1, 0.15) is 24.5 Å². The van der Waals surface area contributed by atoms with E-state index in [0.29, 0.717) is 6.42 Å². The third kappa shape index (κ3) is 2.12. The molecule has 1 fully saturated rings. The first-order valence-corrected chi connectivity index (χ1v) is 4.69. The highest BCUT2D eigenvalue weighted by molar-refractivity contribution is 5.66. The standard InChI is InChI=1S/C11H12O3/c12-10(13)7-6-9-11(14-9)8-4-2-1-3-5-8/h1-5,9,11H,6-7H2,(H,12,13). The molecule has 3 nitrogen and oxygen atoms in total. The highest BCUT2D eigenvalue weighted by Crippen LogP contribution is 2.41. The van der Waals surface area contributed by atoms with Gasteiger partial charge in [0, 0.05) is 6.42 Å². The molecular weight excluding hydrogens is 180 g/mol. The normalized spacial score (nSPS) is 24.6. The van der Waals surface area contributed by atoms with Gasteiger partial charge in [-0.05, 0) is 12.0 Å². The second-order valence-corrected chi connectivity index (χ2v) is 3.44. The van der Waals surface area contributed by atoms with Crippen molar-refractivity contribution < 1.29 is 14.6 Å². The van der Waals surface area contributed by atoms with Crippen LogP contribution in [0.3, 0.4) is 0 Å². The van der Waals surface area contributed by atoms with Crippen LogP contribution in [0.2, 0.25) is 0 Å². The molecule has 2 atom stereocenters. The summed E-state index contributed by atoms with van der Waals surface area (Å²) in [6.45, 7) is 0. The van der Waals surface area contributed by atoms with Crippen LogP contribution >= 0.6 is 0 Å². The van der Waals surface area contributed by atoms with Gasteiger partial charge in [-0.15, -0.1) is 0 Å². The van der Waals surface area contributed by atoms with E-state index in [1.54, 1.807) is 0 Å². The summed E-state index contributed by atoms with van der Waals surface area (Å²) in [7, 11) is 0. The highest BCUT2D eigenvalue weighted by atomic mass is 16.6. The van der Waals surface area contributed by atoms with Crippen LogP contribution in [0, 0.1) is 0 Å². The van der Waals surface area contributed by atoms with E-state index in [9.17, 15) is 4.79 Å². The number of benzene rings is 1. The summed E-state index contributed by atoms with van der Waals surface area (Å²) in [5.74, 6) is -0.757. The fraction of sp³-hybridized carbons (Fsp3) is 0.364. The number of rotatable bonds is 4. The van der Waals surface area contributed by atoms with Crippen molar-refractivity contribution in [3.05, 3.63) is 35.9 Å². The fourth-order valence-electron chi connectivity index (χ4n) is 1.56. The minimum atomic E-state index is -0.757. The topological polar surface area (TPSA) is 49.8 Å². The number of epoxide rings is 1. The molecule has 0 spiro atoms. The number of ether oxygens (including phenoxy) is 1. The third-order valence-corrected chi connectivity index (χ3v) is 2.35. The summed E-state index contributed by atoms with van der Waals surface area (Å²) >= 11 is 0. The second-order valence-electron chi connectivity index (χ2n) is 3.44. The number of carboxylic acids is 1. The van der Waals surface area contributed by atoms with Crippen molar-refractivity contribution in [1.29, 1.82) is 0 Å². The lowest BCUT2D eigenvalue weighted by Crippen LogP contribution is -1.98. The average molecular weight is 192 g/mol. The molecule has 1 aliphatic heterocycles. The number of carbonyl (C=O) groups is 1. The summed E-state index contributed by atoms with van der Waals surface area (Å²) < 4.78 is 5.39. The molecule has 0 aliphatic carbocycles. The smallest absolute Gasteiger partial charge is 0.303 e. The van der Waals surface area contributed by atoms with Crippen molar-refractivity contribution in [2.45, 2.75) is 25.0 Å². The van der Waals surface area contributed by atoms with E-state index in [1.807, 2.05) is 30.3 Å². The zero-order valence-corrected chi connectivity index (χ0v) is 7.72. The molecule has 1 saturated heterocycles. The summed E-state index contributed by atoms with van der Waals surface area (Å²) in [5, 5.41) is 8.49. The van der Waals surface area contributed by atoms with Gasteiger partial charge in [0.2, 0.25) is 0 Å². The first-order valence-electron chi connectivity index (χ1n) is 4.69. The lowest BCUT2D eigenvalue weighted by Gasteiger charge is -1.93.